The fraction of sp³-hybridized carbons (Fsp3) is 0.909. The molecule has 0 unspecified atom stereocenters. The summed E-state index contributed by atoms with van der Waals surface area (Å²) in [5.41, 5.74) is -0.159. The van der Waals surface area contributed by atoms with Crippen LogP contribution in [0.15, 0.2) is 0 Å². The van der Waals surface area contributed by atoms with Crippen molar-refractivity contribution in [1.82, 2.24) is 0 Å². The smallest absolute Gasteiger partial charge is 0.309 e. The molecular weight excluding hydrogens is 310 g/mol. The van der Waals surface area contributed by atoms with Gasteiger partial charge in [-0.1, -0.05) is 46.0 Å². The zero-order valence-electron chi connectivity index (χ0n) is 16.4. The highest BCUT2D eigenvalue weighted by atomic mass is 16.5. The molecule has 0 radical (unpaired) electrons. The molecule has 0 amide bonds. The fourth-order valence-electron chi connectivity index (χ4n) is 4.79. The highest BCUT2D eigenvalue weighted by Crippen LogP contribution is 2.41. The van der Waals surface area contributed by atoms with Crippen molar-refractivity contribution in [3.63, 3.8) is 0 Å². The molecule has 0 aliphatic heterocycles. The van der Waals surface area contributed by atoms with Crippen molar-refractivity contribution in [1.29, 1.82) is 5.26 Å². The number of carbonyl (C=O) groups is 1. The Hall–Kier alpha value is -1.04. The predicted octanol–water partition coefficient (Wildman–Crippen LogP) is 6.17. The molecular formula is C22H37NO2. The van der Waals surface area contributed by atoms with Crippen molar-refractivity contribution in [3.8, 4) is 6.07 Å². The molecule has 0 N–H and O–H groups in total. The van der Waals surface area contributed by atoms with Gasteiger partial charge in [0.25, 0.3) is 0 Å². The first kappa shape index (κ1) is 20.3. The van der Waals surface area contributed by atoms with Crippen molar-refractivity contribution in [2.75, 3.05) is 0 Å². The lowest BCUT2D eigenvalue weighted by Gasteiger charge is -2.35. The Morgan fingerprint density at radius 2 is 1.72 bits per heavy atom. The first-order valence-corrected chi connectivity index (χ1v) is 10.7. The molecule has 3 nitrogen and oxygen atoms in total. The zero-order chi connectivity index (χ0) is 18.1. The monoisotopic (exact) mass is 347 g/mol. The Balaban J connectivity index is 1.69. The number of ether oxygens (including phenoxy) is 1. The van der Waals surface area contributed by atoms with E-state index in [9.17, 15) is 10.1 Å². The second-order valence-corrected chi connectivity index (χ2v) is 8.49. The van der Waals surface area contributed by atoms with Gasteiger partial charge in [-0.2, -0.15) is 5.26 Å². The maximum absolute atomic E-state index is 12.5. The van der Waals surface area contributed by atoms with Crippen LogP contribution in [0, 0.1) is 28.6 Å². The Kier molecular flexibility index (Phi) is 8.27. The third kappa shape index (κ3) is 6.01. The Morgan fingerprint density at radius 1 is 1.04 bits per heavy atom. The first-order valence-electron chi connectivity index (χ1n) is 10.7. The van der Waals surface area contributed by atoms with E-state index in [1.54, 1.807) is 0 Å². The first-order chi connectivity index (χ1) is 12.1. The molecule has 25 heavy (non-hydrogen) atoms. The molecule has 2 saturated carbocycles. The average Bonchev–Trinajstić information content (AvgIpc) is 2.64. The highest BCUT2D eigenvalue weighted by molar-refractivity contribution is 5.72. The van der Waals surface area contributed by atoms with Crippen LogP contribution in [-0.4, -0.2) is 12.1 Å². The summed E-state index contributed by atoms with van der Waals surface area (Å²) >= 11 is 0. The number of hydrogen-bond donors (Lipinski definition) is 0. The topological polar surface area (TPSA) is 50.1 Å². The lowest BCUT2D eigenvalue weighted by Crippen LogP contribution is -2.33. The molecule has 0 atom stereocenters. The molecule has 0 aromatic carbocycles. The predicted molar refractivity (Wildman–Crippen MR) is 101 cm³/mol. The van der Waals surface area contributed by atoms with Crippen molar-refractivity contribution in [3.05, 3.63) is 0 Å². The number of nitrogens with zero attached hydrogens (tertiary/aromatic N) is 1. The number of rotatable bonds is 8. The Morgan fingerprint density at radius 3 is 2.28 bits per heavy atom. The number of esters is 1. The van der Waals surface area contributed by atoms with Gasteiger partial charge in [0.15, 0.2) is 0 Å². The van der Waals surface area contributed by atoms with E-state index in [2.05, 4.69) is 19.9 Å². The van der Waals surface area contributed by atoms with Gasteiger partial charge < -0.3 is 4.74 Å². The van der Waals surface area contributed by atoms with Crippen LogP contribution in [0.2, 0.25) is 0 Å². The third-order valence-corrected chi connectivity index (χ3v) is 6.53. The summed E-state index contributed by atoms with van der Waals surface area (Å²) in [5.74, 6) is 0.994. The summed E-state index contributed by atoms with van der Waals surface area (Å²) in [6, 6.07) is 2.54. The van der Waals surface area contributed by atoms with Crippen LogP contribution in [0.4, 0.5) is 0 Å². The summed E-state index contributed by atoms with van der Waals surface area (Å²) < 4.78 is 5.83. The molecule has 0 spiro atoms. The normalized spacial score (nSPS) is 32.8. The standard InChI is InChI=1S/C22H37NO2/c1-3-5-6-7-18-8-10-19(11-9-18)21(24)25-20-12-15-22(17-23,14-4-2)16-13-20/h18-20H,3-16H2,1-2H3/t18-,19-,20-,22+. The third-order valence-electron chi connectivity index (χ3n) is 6.53. The molecule has 2 fully saturated rings. The van der Waals surface area contributed by atoms with Crippen molar-refractivity contribution in [2.24, 2.45) is 17.3 Å². The minimum absolute atomic E-state index is 0.0388. The SMILES string of the molecule is CCCCC[C@H]1CC[C@H](C(=O)O[C@H]2CC[C@](C#N)(CCC)CC2)CC1. The molecule has 0 bridgehead atoms. The summed E-state index contributed by atoms with van der Waals surface area (Å²) in [4.78, 5) is 12.5. The van der Waals surface area contributed by atoms with E-state index in [0.29, 0.717) is 0 Å². The van der Waals surface area contributed by atoms with E-state index in [1.807, 2.05) is 0 Å². The van der Waals surface area contributed by atoms with E-state index < -0.39 is 0 Å². The zero-order valence-corrected chi connectivity index (χ0v) is 16.4. The second kappa shape index (κ2) is 10.2. The van der Waals surface area contributed by atoms with E-state index in [-0.39, 0.29) is 23.4 Å². The van der Waals surface area contributed by atoms with Crippen LogP contribution in [0.1, 0.15) is 104 Å². The van der Waals surface area contributed by atoms with Gasteiger partial charge in [-0.3, -0.25) is 4.79 Å². The Labute approximate surface area is 154 Å². The number of unbranched alkanes of at least 4 members (excludes halogenated alkanes) is 2. The molecule has 2 rings (SSSR count). The summed E-state index contributed by atoms with van der Waals surface area (Å²) in [6.45, 7) is 4.39. The average molecular weight is 348 g/mol. The van der Waals surface area contributed by atoms with Gasteiger partial charge in [0, 0.05) is 0 Å². The van der Waals surface area contributed by atoms with Crippen LogP contribution in [-0.2, 0) is 9.53 Å². The van der Waals surface area contributed by atoms with E-state index in [1.165, 1.54) is 38.5 Å². The highest BCUT2D eigenvalue weighted by Gasteiger charge is 2.37. The summed E-state index contributed by atoms with van der Waals surface area (Å²) in [6.07, 6.45) is 15.3. The molecule has 142 valence electrons. The van der Waals surface area contributed by atoms with Crippen molar-refractivity contribution in [2.45, 2.75) is 110 Å². The lowest BCUT2D eigenvalue weighted by atomic mass is 9.71. The largest absolute Gasteiger partial charge is 0.462 e. The lowest BCUT2D eigenvalue weighted by molar-refractivity contribution is -0.158. The second-order valence-electron chi connectivity index (χ2n) is 8.49. The summed E-state index contributed by atoms with van der Waals surface area (Å²) in [7, 11) is 0. The van der Waals surface area contributed by atoms with Gasteiger partial charge in [0.1, 0.15) is 6.10 Å². The van der Waals surface area contributed by atoms with Crippen molar-refractivity contribution >= 4 is 5.97 Å². The minimum Gasteiger partial charge on any atom is -0.462 e. The van der Waals surface area contributed by atoms with Gasteiger partial charge in [-0.05, 0) is 63.7 Å². The van der Waals surface area contributed by atoms with Crippen LogP contribution < -0.4 is 0 Å². The van der Waals surface area contributed by atoms with Crippen LogP contribution in [0.25, 0.3) is 0 Å². The van der Waals surface area contributed by atoms with Gasteiger partial charge in [-0.25, -0.2) is 0 Å². The van der Waals surface area contributed by atoms with E-state index in [4.69, 9.17) is 4.74 Å². The maximum Gasteiger partial charge on any atom is 0.309 e. The molecule has 2 aliphatic rings. The van der Waals surface area contributed by atoms with Gasteiger partial charge >= 0.3 is 5.97 Å². The van der Waals surface area contributed by atoms with Crippen LogP contribution >= 0.6 is 0 Å². The Bertz CT molecular complexity index is 437. The summed E-state index contributed by atoms with van der Waals surface area (Å²) in [5, 5.41) is 9.49. The molecule has 0 aromatic rings. The van der Waals surface area contributed by atoms with Crippen LogP contribution in [0.5, 0.6) is 0 Å². The molecule has 0 heterocycles. The number of nitriles is 1. The van der Waals surface area contributed by atoms with E-state index in [0.717, 1.165) is 57.3 Å². The molecule has 0 saturated heterocycles. The van der Waals surface area contributed by atoms with Gasteiger partial charge in [0.05, 0.1) is 17.4 Å². The van der Waals surface area contributed by atoms with Gasteiger partial charge in [0.2, 0.25) is 0 Å². The number of hydrogen-bond acceptors (Lipinski definition) is 3. The van der Waals surface area contributed by atoms with Gasteiger partial charge in [-0.15, -0.1) is 0 Å². The van der Waals surface area contributed by atoms with Crippen LogP contribution in [0.3, 0.4) is 0 Å². The maximum atomic E-state index is 12.5. The molecule has 0 aromatic heterocycles. The van der Waals surface area contributed by atoms with E-state index >= 15 is 0 Å². The van der Waals surface area contributed by atoms with Crippen molar-refractivity contribution < 1.29 is 9.53 Å². The molecule has 3 heteroatoms. The fourth-order valence-corrected chi connectivity index (χ4v) is 4.79. The quantitative estimate of drug-likeness (QED) is 0.390. The minimum atomic E-state index is -0.159. The molecule has 2 aliphatic carbocycles. The number of carbonyl (C=O) groups excluding carboxylic acids is 1.